The first-order valence-electron chi connectivity index (χ1n) is 8.31. The Labute approximate surface area is 166 Å². The van der Waals surface area contributed by atoms with Crippen molar-refractivity contribution in [3.8, 4) is 11.5 Å². The fourth-order valence-electron chi connectivity index (χ4n) is 2.58. The highest BCUT2D eigenvalue weighted by atomic mass is 32.2. The quantitative estimate of drug-likeness (QED) is 0.293. The molecule has 0 aliphatic rings. The van der Waals surface area contributed by atoms with Gasteiger partial charge in [-0.3, -0.25) is 0 Å². The summed E-state index contributed by atoms with van der Waals surface area (Å²) in [4.78, 5) is 12.8. The number of halogens is 4. The maximum absolute atomic E-state index is 13.0. The first kappa shape index (κ1) is 19.2. The number of fused-ring (bicyclic) bond motifs is 1. The van der Waals surface area contributed by atoms with Crippen LogP contribution in [0.3, 0.4) is 0 Å². The van der Waals surface area contributed by atoms with E-state index in [0.717, 1.165) is 30.1 Å². The Bertz CT molecular complexity index is 1090. The lowest BCUT2D eigenvalue weighted by atomic mass is 10.1. The number of aromatic nitrogens is 3. The molecule has 0 spiro atoms. The van der Waals surface area contributed by atoms with Crippen LogP contribution >= 0.6 is 11.9 Å². The number of hydrogen-bond acceptors (Lipinski definition) is 6. The normalized spacial score (nSPS) is 11.5. The predicted molar refractivity (Wildman–Crippen MR) is 101 cm³/mol. The topological polar surface area (TPSA) is 63.8 Å². The van der Waals surface area contributed by atoms with E-state index in [-0.39, 0.29) is 4.90 Å². The summed E-state index contributed by atoms with van der Waals surface area (Å²) in [6, 6.07) is 9.92. The number of benzene rings is 1. The van der Waals surface area contributed by atoms with Gasteiger partial charge in [-0.1, -0.05) is 0 Å². The maximum Gasteiger partial charge on any atom is 0.263 e. The molecule has 0 atom stereocenters. The van der Waals surface area contributed by atoms with E-state index < -0.39 is 24.0 Å². The number of alkyl halides is 4. The number of rotatable bonds is 6. The van der Waals surface area contributed by atoms with E-state index in [1.54, 1.807) is 30.5 Å². The zero-order chi connectivity index (χ0) is 20.4. The fourth-order valence-corrected chi connectivity index (χ4v) is 3.30. The van der Waals surface area contributed by atoms with Crippen LogP contribution < -0.4 is 4.72 Å². The molecule has 4 aromatic rings. The average Bonchev–Trinajstić information content (AvgIpc) is 3.16. The van der Waals surface area contributed by atoms with Crippen molar-refractivity contribution >= 4 is 29.0 Å². The first-order chi connectivity index (χ1) is 14.0. The highest BCUT2D eigenvalue weighted by Crippen LogP contribution is 2.32. The number of anilines is 1. The Morgan fingerprint density at radius 1 is 0.897 bits per heavy atom. The number of hydrogen-bond donors (Lipinski definition) is 1. The van der Waals surface area contributed by atoms with Gasteiger partial charge in [0.05, 0.1) is 0 Å². The summed E-state index contributed by atoms with van der Waals surface area (Å²) in [5.41, 5.74) is 0.689. The molecule has 3 aromatic heterocycles. The summed E-state index contributed by atoms with van der Waals surface area (Å²) in [6.07, 6.45) is -2.57. The molecule has 0 saturated heterocycles. The molecule has 0 unspecified atom stereocenters. The van der Waals surface area contributed by atoms with Gasteiger partial charge in [-0.2, -0.15) is 4.98 Å². The van der Waals surface area contributed by atoms with Gasteiger partial charge < -0.3 is 9.14 Å². The first-order valence-corrected chi connectivity index (χ1v) is 9.13. The van der Waals surface area contributed by atoms with Crippen LogP contribution in [0, 0.1) is 0 Å². The van der Waals surface area contributed by atoms with Gasteiger partial charge in [0, 0.05) is 34.0 Å². The molecule has 0 bridgehead atoms. The molecule has 4 rings (SSSR count). The van der Waals surface area contributed by atoms with Crippen molar-refractivity contribution in [3.63, 3.8) is 0 Å². The van der Waals surface area contributed by atoms with Crippen LogP contribution in [0.2, 0.25) is 0 Å². The van der Waals surface area contributed by atoms with E-state index >= 15 is 0 Å². The largest absolute Gasteiger partial charge is 0.434 e. The SMILES string of the molecule is FC(F)c1cc(SNc2cc(-c3nc4ncccc4o3)ccn2)cc(C(F)F)c1. The van der Waals surface area contributed by atoms with Crippen molar-refractivity contribution in [3.05, 3.63) is 66.0 Å². The summed E-state index contributed by atoms with van der Waals surface area (Å²) < 4.78 is 60.4. The van der Waals surface area contributed by atoms with E-state index in [0.29, 0.717) is 28.5 Å². The van der Waals surface area contributed by atoms with E-state index in [1.165, 1.54) is 6.20 Å². The van der Waals surface area contributed by atoms with Crippen molar-refractivity contribution in [2.24, 2.45) is 0 Å². The van der Waals surface area contributed by atoms with E-state index in [4.69, 9.17) is 4.42 Å². The lowest BCUT2D eigenvalue weighted by molar-refractivity contribution is 0.143. The predicted octanol–water partition coefficient (Wildman–Crippen LogP) is 6.28. The van der Waals surface area contributed by atoms with Crippen LogP contribution in [-0.4, -0.2) is 15.0 Å². The summed E-state index contributed by atoms with van der Waals surface area (Å²) in [5.74, 6) is 0.720. The van der Waals surface area contributed by atoms with Crippen molar-refractivity contribution in [2.45, 2.75) is 17.7 Å². The van der Waals surface area contributed by atoms with Gasteiger partial charge in [0.15, 0.2) is 11.2 Å². The monoisotopic (exact) mass is 420 g/mol. The molecular formula is C19H12F4N4OS. The maximum atomic E-state index is 13.0. The van der Waals surface area contributed by atoms with Crippen LogP contribution in [0.5, 0.6) is 0 Å². The van der Waals surface area contributed by atoms with E-state index in [2.05, 4.69) is 19.7 Å². The van der Waals surface area contributed by atoms with Gasteiger partial charge in [0.2, 0.25) is 5.89 Å². The Hall–Kier alpha value is -3.14. The molecule has 0 radical (unpaired) electrons. The average molecular weight is 420 g/mol. The Kier molecular flexibility index (Phi) is 5.34. The van der Waals surface area contributed by atoms with Gasteiger partial charge in [0.1, 0.15) is 5.82 Å². The van der Waals surface area contributed by atoms with Gasteiger partial charge in [-0.15, -0.1) is 0 Å². The smallest absolute Gasteiger partial charge is 0.263 e. The standard InChI is InChI=1S/C19H12F4N4OS/c20-16(21)11-6-12(17(22)23)8-13(7-11)29-27-15-9-10(3-5-24-15)19-26-18-14(28-19)2-1-4-25-18/h1-9,16-17H,(H,24,27). The fraction of sp³-hybridized carbons (Fsp3) is 0.105. The van der Waals surface area contributed by atoms with Crippen LogP contribution in [0.25, 0.3) is 22.7 Å². The molecule has 10 heteroatoms. The third-order valence-corrected chi connectivity index (χ3v) is 4.68. The zero-order valence-electron chi connectivity index (χ0n) is 14.5. The van der Waals surface area contributed by atoms with Gasteiger partial charge in [0.25, 0.3) is 12.9 Å². The van der Waals surface area contributed by atoms with Crippen molar-refractivity contribution < 1.29 is 22.0 Å². The Morgan fingerprint density at radius 2 is 1.66 bits per heavy atom. The van der Waals surface area contributed by atoms with Crippen LogP contribution in [0.15, 0.2) is 64.2 Å². The highest BCUT2D eigenvalue weighted by Gasteiger charge is 2.16. The minimum Gasteiger partial charge on any atom is -0.434 e. The number of nitrogens with zero attached hydrogens (tertiary/aromatic N) is 3. The lowest BCUT2D eigenvalue weighted by Gasteiger charge is -2.10. The molecule has 29 heavy (non-hydrogen) atoms. The van der Waals surface area contributed by atoms with Gasteiger partial charge >= 0.3 is 0 Å². The summed E-state index contributed by atoms with van der Waals surface area (Å²) in [6.45, 7) is 0. The minimum atomic E-state index is -2.85. The van der Waals surface area contributed by atoms with E-state index in [9.17, 15) is 17.6 Å². The minimum absolute atomic E-state index is 0.219. The zero-order valence-corrected chi connectivity index (χ0v) is 15.3. The highest BCUT2D eigenvalue weighted by molar-refractivity contribution is 8.00. The van der Waals surface area contributed by atoms with Crippen molar-refractivity contribution in [1.82, 2.24) is 15.0 Å². The summed E-state index contributed by atoms with van der Waals surface area (Å²) in [5, 5.41) is 0. The lowest BCUT2D eigenvalue weighted by Crippen LogP contribution is -1.95. The van der Waals surface area contributed by atoms with Crippen molar-refractivity contribution in [2.75, 3.05) is 4.72 Å². The molecule has 0 aliphatic carbocycles. The molecule has 0 aliphatic heterocycles. The molecule has 148 valence electrons. The second kappa shape index (κ2) is 8.08. The molecule has 1 N–H and O–H groups in total. The molecule has 3 heterocycles. The molecule has 1 aromatic carbocycles. The summed E-state index contributed by atoms with van der Waals surface area (Å²) >= 11 is 0.903. The van der Waals surface area contributed by atoms with Gasteiger partial charge in [-0.05, 0) is 54.4 Å². The number of oxazole rings is 1. The molecule has 5 nitrogen and oxygen atoms in total. The van der Waals surface area contributed by atoms with Crippen LogP contribution in [0.1, 0.15) is 24.0 Å². The molecular weight excluding hydrogens is 408 g/mol. The second-order valence-corrected chi connectivity index (χ2v) is 6.79. The number of nitrogens with one attached hydrogen (secondary N) is 1. The second-order valence-electron chi connectivity index (χ2n) is 5.91. The Morgan fingerprint density at radius 3 is 2.34 bits per heavy atom. The molecule has 0 amide bonds. The number of pyridine rings is 2. The molecule has 0 saturated carbocycles. The third kappa shape index (κ3) is 4.32. The van der Waals surface area contributed by atoms with Gasteiger partial charge in [-0.25, -0.2) is 27.5 Å². The summed E-state index contributed by atoms with van der Waals surface area (Å²) in [7, 11) is 0. The van der Waals surface area contributed by atoms with Crippen molar-refractivity contribution in [1.29, 1.82) is 0 Å². The third-order valence-electron chi connectivity index (χ3n) is 3.90. The Balaban J connectivity index is 1.56. The van der Waals surface area contributed by atoms with Crippen LogP contribution in [-0.2, 0) is 0 Å². The molecule has 0 fully saturated rings. The van der Waals surface area contributed by atoms with Crippen LogP contribution in [0.4, 0.5) is 23.4 Å². The van der Waals surface area contributed by atoms with E-state index in [1.807, 2.05) is 0 Å².